The standard InChI is InChI=1S/C12H15N5OS2/c1-8-13-6-9(7-14-8)11-15-16-12(20-11)17(2)10(18)4-5-19-3/h6-7H,4-5H2,1-3H3. The minimum Gasteiger partial charge on any atom is -0.290 e. The van der Waals surface area contributed by atoms with Gasteiger partial charge in [0.25, 0.3) is 0 Å². The van der Waals surface area contributed by atoms with E-state index in [9.17, 15) is 4.79 Å². The summed E-state index contributed by atoms with van der Waals surface area (Å²) in [6, 6.07) is 0. The predicted octanol–water partition coefficient (Wildman–Crippen LogP) is 2.02. The molecule has 20 heavy (non-hydrogen) atoms. The highest BCUT2D eigenvalue weighted by molar-refractivity contribution is 7.98. The predicted molar refractivity (Wildman–Crippen MR) is 82.1 cm³/mol. The molecule has 0 atom stereocenters. The summed E-state index contributed by atoms with van der Waals surface area (Å²) in [6.07, 6.45) is 5.90. The first-order valence-electron chi connectivity index (χ1n) is 6.00. The summed E-state index contributed by atoms with van der Waals surface area (Å²) in [6.45, 7) is 1.83. The van der Waals surface area contributed by atoms with E-state index in [2.05, 4.69) is 20.2 Å². The van der Waals surface area contributed by atoms with Crippen molar-refractivity contribution in [3.05, 3.63) is 18.2 Å². The molecule has 0 aromatic carbocycles. The summed E-state index contributed by atoms with van der Waals surface area (Å²) in [5.41, 5.74) is 0.810. The van der Waals surface area contributed by atoms with Gasteiger partial charge < -0.3 is 0 Å². The number of aryl methyl sites for hydroxylation is 1. The lowest BCUT2D eigenvalue weighted by atomic mass is 10.4. The van der Waals surface area contributed by atoms with Crippen LogP contribution in [0.25, 0.3) is 10.6 Å². The minimum atomic E-state index is 0.0437. The van der Waals surface area contributed by atoms with E-state index in [0.29, 0.717) is 22.4 Å². The fourth-order valence-electron chi connectivity index (χ4n) is 1.43. The second-order valence-electron chi connectivity index (χ2n) is 4.10. The Bertz CT molecular complexity index is 584. The van der Waals surface area contributed by atoms with Gasteiger partial charge in [-0.2, -0.15) is 11.8 Å². The van der Waals surface area contributed by atoms with Crippen LogP contribution in [0.15, 0.2) is 12.4 Å². The number of rotatable bonds is 5. The fraction of sp³-hybridized carbons (Fsp3) is 0.417. The molecule has 0 aliphatic rings. The van der Waals surface area contributed by atoms with Gasteiger partial charge in [-0.05, 0) is 13.2 Å². The van der Waals surface area contributed by atoms with Crippen molar-refractivity contribution in [2.24, 2.45) is 0 Å². The first-order chi connectivity index (χ1) is 9.61. The van der Waals surface area contributed by atoms with E-state index in [0.717, 1.165) is 11.3 Å². The lowest BCUT2D eigenvalue weighted by molar-refractivity contribution is -0.117. The number of anilines is 1. The third kappa shape index (κ3) is 3.51. The molecule has 106 valence electrons. The van der Waals surface area contributed by atoms with Crippen LogP contribution >= 0.6 is 23.1 Å². The lowest BCUT2D eigenvalue weighted by Crippen LogP contribution is -2.26. The van der Waals surface area contributed by atoms with Crippen molar-refractivity contribution >= 4 is 34.1 Å². The van der Waals surface area contributed by atoms with Gasteiger partial charge in [0.05, 0.1) is 0 Å². The third-order valence-electron chi connectivity index (χ3n) is 2.62. The van der Waals surface area contributed by atoms with Crippen molar-refractivity contribution in [3.63, 3.8) is 0 Å². The van der Waals surface area contributed by atoms with Crippen LogP contribution in [0.2, 0.25) is 0 Å². The molecule has 2 heterocycles. The quantitative estimate of drug-likeness (QED) is 0.841. The van der Waals surface area contributed by atoms with Gasteiger partial charge in [0, 0.05) is 37.2 Å². The number of hydrogen-bond acceptors (Lipinski definition) is 7. The van der Waals surface area contributed by atoms with Gasteiger partial charge in [0.1, 0.15) is 5.82 Å². The molecule has 0 radical (unpaired) electrons. The molecule has 0 saturated heterocycles. The van der Waals surface area contributed by atoms with Gasteiger partial charge in [0.2, 0.25) is 11.0 Å². The average Bonchev–Trinajstić information content (AvgIpc) is 2.94. The summed E-state index contributed by atoms with van der Waals surface area (Å²) < 4.78 is 0. The second kappa shape index (κ2) is 6.76. The van der Waals surface area contributed by atoms with E-state index >= 15 is 0 Å². The Hall–Kier alpha value is -1.54. The molecule has 0 saturated carbocycles. The molecule has 2 aromatic rings. The van der Waals surface area contributed by atoms with Gasteiger partial charge in [0.15, 0.2) is 5.01 Å². The van der Waals surface area contributed by atoms with Gasteiger partial charge in [-0.3, -0.25) is 9.69 Å². The van der Waals surface area contributed by atoms with Crippen LogP contribution in [0, 0.1) is 6.92 Å². The van der Waals surface area contributed by atoms with Crippen molar-refractivity contribution in [3.8, 4) is 10.6 Å². The van der Waals surface area contributed by atoms with Crippen molar-refractivity contribution in [1.29, 1.82) is 0 Å². The van der Waals surface area contributed by atoms with Crippen molar-refractivity contribution in [1.82, 2.24) is 20.2 Å². The van der Waals surface area contributed by atoms with E-state index in [-0.39, 0.29) is 5.91 Å². The van der Waals surface area contributed by atoms with Crippen LogP contribution in [-0.2, 0) is 4.79 Å². The molecule has 6 nitrogen and oxygen atoms in total. The maximum atomic E-state index is 11.9. The highest BCUT2D eigenvalue weighted by Crippen LogP contribution is 2.27. The average molecular weight is 309 g/mol. The SMILES string of the molecule is CSCCC(=O)N(C)c1nnc(-c2cnc(C)nc2)s1. The molecule has 0 spiro atoms. The zero-order valence-electron chi connectivity index (χ0n) is 11.5. The Morgan fingerprint density at radius 1 is 1.35 bits per heavy atom. The highest BCUT2D eigenvalue weighted by Gasteiger charge is 2.16. The lowest BCUT2D eigenvalue weighted by Gasteiger charge is -2.12. The highest BCUT2D eigenvalue weighted by atomic mass is 32.2. The Balaban J connectivity index is 2.12. The maximum absolute atomic E-state index is 11.9. The zero-order valence-corrected chi connectivity index (χ0v) is 13.2. The number of nitrogens with zero attached hydrogens (tertiary/aromatic N) is 5. The minimum absolute atomic E-state index is 0.0437. The van der Waals surface area contributed by atoms with E-state index < -0.39 is 0 Å². The molecule has 0 bridgehead atoms. The smallest absolute Gasteiger partial charge is 0.229 e. The number of aromatic nitrogens is 4. The van der Waals surface area contributed by atoms with Crippen molar-refractivity contribution in [2.45, 2.75) is 13.3 Å². The number of thioether (sulfide) groups is 1. The molecule has 2 rings (SSSR count). The number of carbonyl (C=O) groups is 1. The Morgan fingerprint density at radius 2 is 2.05 bits per heavy atom. The normalized spacial score (nSPS) is 10.6. The van der Waals surface area contributed by atoms with E-state index in [4.69, 9.17) is 0 Å². The number of hydrogen-bond donors (Lipinski definition) is 0. The van der Waals surface area contributed by atoms with E-state index in [1.807, 2.05) is 13.2 Å². The molecular weight excluding hydrogens is 294 g/mol. The molecular formula is C12H15N5OS2. The molecule has 8 heteroatoms. The van der Waals surface area contributed by atoms with Gasteiger partial charge in [-0.15, -0.1) is 10.2 Å². The molecule has 0 unspecified atom stereocenters. The van der Waals surface area contributed by atoms with Crippen LogP contribution in [0.1, 0.15) is 12.2 Å². The summed E-state index contributed by atoms with van der Waals surface area (Å²) in [5.74, 6) is 1.56. The van der Waals surface area contributed by atoms with Gasteiger partial charge >= 0.3 is 0 Å². The largest absolute Gasteiger partial charge is 0.290 e. The summed E-state index contributed by atoms with van der Waals surface area (Å²) >= 11 is 3.01. The summed E-state index contributed by atoms with van der Waals surface area (Å²) in [5, 5.41) is 9.45. The molecule has 0 aliphatic heterocycles. The molecule has 2 aromatic heterocycles. The first kappa shape index (κ1) is 14.9. The van der Waals surface area contributed by atoms with Crippen molar-refractivity contribution < 1.29 is 4.79 Å². The first-order valence-corrected chi connectivity index (χ1v) is 8.21. The molecule has 0 fully saturated rings. The van der Waals surface area contributed by atoms with Gasteiger partial charge in [-0.1, -0.05) is 11.3 Å². The van der Waals surface area contributed by atoms with Crippen LogP contribution in [0.5, 0.6) is 0 Å². The van der Waals surface area contributed by atoms with Gasteiger partial charge in [-0.25, -0.2) is 9.97 Å². The van der Waals surface area contributed by atoms with E-state index in [1.165, 1.54) is 11.3 Å². The number of carbonyl (C=O) groups excluding carboxylic acids is 1. The topological polar surface area (TPSA) is 71.9 Å². The van der Waals surface area contributed by atoms with Crippen LogP contribution < -0.4 is 4.90 Å². The zero-order chi connectivity index (χ0) is 14.5. The second-order valence-corrected chi connectivity index (χ2v) is 6.05. The fourth-order valence-corrected chi connectivity index (χ4v) is 2.61. The Kier molecular flexibility index (Phi) is 5.02. The monoisotopic (exact) mass is 309 g/mol. The summed E-state index contributed by atoms with van der Waals surface area (Å²) in [4.78, 5) is 21.7. The van der Waals surface area contributed by atoms with Crippen LogP contribution in [0.4, 0.5) is 5.13 Å². The van der Waals surface area contributed by atoms with Crippen LogP contribution in [-0.4, -0.2) is 45.1 Å². The number of amides is 1. The Labute approximate surface area is 125 Å². The van der Waals surface area contributed by atoms with Crippen molar-refractivity contribution in [2.75, 3.05) is 24.0 Å². The summed E-state index contributed by atoms with van der Waals surface area (Å²) in [7, 11) is 1.72. The Morgan fingerprint density at radius 3 is 2.70 bits per heavy atom. The molecule has 0 N–H and O–H groups in total. The molecule has 0 aliphatic carbocycles. The third-order valence-corrected chi connectivity index (χ3v) is 4.28. The van der Waals surface area contributed by atoms with E-state index in [1.54, 1.807) is 36.1 Å². The van der Waals surface area contributed by atoms with Crippen LogP contribution in [0.3, 0.4) is 0 Å². The molecule has 1 amide bonds. The maximum Gasteiger partial charge on any atom is 0.229 e.